The van der Waals surface area contributed by atoms with E-state index in [1.807, 2.05) is 17.7 Å². The molecule has 0 saturated carbocycles. The van der Waals surface area contributed by atoms with Crippen molar-refractivity contribution in [1.82, 2.24) is 20.1 Å². The maximum atomic E-state index is 6.12. The van der Waals surface area contributed by atoms with Crippen LogP contribution in [0.15, 0.2) is 11.1 Å². The maximum Gasteiger partial charge on any atom is 0.191 e. The van der Waals surface area contributed by atoms with Crippen LogP contribution in [0.25, 0.3) is 0 Å². The summed E-state index contributed by atoms with van der Waals surface area (Å²) >= 11 is 12.2. The van der Waals surface area contributed by atoms with Crippen molar-refractivity contribution in [3.05, 3.63) is 21.9 Å². The molecule has 1 aliphatic heterocycles. The summed E-state index contributed by atoms with van der Waals surface area (Å²) in [4.78, 5) is 6.97. The average Bonchev–Trinajstić information content (AvgIpc) is 2.85. The molecule has 1 aromatic rings. The van der Waals surface area contributed by atoms with Gasteiger partial charge in [-0.1, -0.05) is 23.2 Å². The predicted molar refractivity (Wildman–Crippen MR) is 120 cm³/mol. The van der Waals surface area contributed by atoms with Crippen LogP contribution in [0, 0.1) is 0 Å². The summed E-state index contributed by atoms with van der Waals surface area (Å²) in [5.41, 5.74) is 1.06. The van der Waals surface area contributed by atoms with Crippen LogP contribution in [0.2, 0.25) is 10.2 Å². The minimum absolute atomic E-state index is 0. The van der Waals surface area contributed by atoms with Crippen molar-refractivity contribution in [2.45, 2.75) is 31.8 Å². The highest BCUT2D eigenvalue weighted by Crippen LogP contribution is 2.26. The van der Waals surface area contributed by atoms with Gasteiger partial charge in [0.2, 0.25) is 0 Å². The normalized spacial score (nSPS) is 17.1. The molecule has 0 bridgehead atoms. The quantitative estimate of drug-likeness (QED) is 0.346. The van der Waals surface area contributed by atoms with Gasteiger partial charge < -0.3 is 24.8 Å². The highest BCUT2D eigenvalue weighted by Gasteiger charge is 2.34. The van der Waals surface area contributed by atoms with E-state index in [0.29, 0.717) is 16.7 Å². The van der Waals surface area contributed by atoms with E-state index in [9.17, 15) is 0 Å². The van der Waals surface area contributed by atoms with Crippen molar-refractivity contribution in [2.75, 3.05) is 40.4 Å². The standard InChI is InChI=1S/C17H29Cl2N5O.HI/c1-5-20-16(21-11-13-10-14(18)15(19)24(13)4)22-12-17(23(2)3)6-8-25-9-7-17;/h10H,5-9,11-12H2,1-4H3,(H2,20,21,22);1H. The van der Waals surface area contributed by atoms with Gasteiger partial charge in [-0.05, 0) is 39.9 Å². The Bertz CT molecular complexity index is 600. The van der Waals surface area contributed by atoms with Crippen LogP contribution < -0.4 is 10.6 Å². The van der Waals surface area contributed by atoms with Gasteiger partial charge in [0.25, 0.3) is 0 Å². The number of nitrogens with one attached hydrogen (secondary N) is 2. The molecule has 0 aliphatic carbocycles. The van der Waals surface area contributed by atoms with Crippen LogP contribution in [0.3, 0.4) is 0 Å². The third kappa shape index (κ3) is 5.89. The molecule has 6 nitrogen and oxygen atoms in total. The molecule has 0 amide bonds. The number of likely N-dealkylation sites (N-methyl/N-ethyl adjacent to an activating group) is 1. The Labute approximate surface area is 183 Å². The summed E-state index contributed by atoms with van der Waals surface area (Å²) < 4.78 is 7.39. The van der Waals surface area contributed by atoms with Gasteiger partial charge in [0, 0.05) is 44.6 Å². The fourth-order valence-corrected chi connectivity index (χ4v) is 3.44. The van der Waals surface area contributed by atoms with Gasteiger partial charge in [-0.3, -0.25) is 0 Å². The van der Waals surface area contributed by atoms with Crippen LogP contribution >= 0.6 is 47.2 Å². The van der Waals surface area contributed by atoms with Crippen molar-refractivity contribution < 1.29 is 4.74 Å². The summed E-state index contributed by atoms with van der Waals surface area (Å²) in [6, 6.07) is 1.86. The molecule has 0 spiro atoms. The van der Waals surface area contributed by atoms with Crippen LogP contribution in [0.1, 0.15) is 25.5 Å². The molecule has 0 atom stereocenters. The summed E-state index contributed by atoms with van der Waals surface area (Å²) in [7, 11) is 6.15. The minimum Gasteiger partial charge on any atom is -0.381 e. The molecule has 1 aliphatic rings. The summed E-state index contributed by atoms with van der Waals surface area (Å²) in [5.74, 6) is 0.795. The molecule has 2 N–H and O–H groups in total. The summed E-state index contributed by atoms with van der Waals surface area (Å²) in [5, 5.41) is 7.89. The molecule has 0 radical (unpaired) electrons. The van der Waals surface area contributed by atoms with Gasteiger partial charge in [-0.15, -0.1) is 24.0 Å². The fraction of sp³-hybridized carbons (Fsp3) is 0.706. The van der Waals surface area contributed by atoms with Gasteiger partial charge in [-0.2, -0.15) is 0 Å². The summed E-state index contributed by atoms with van der Waals surface area (Å²) in [6.07, 6.45) is 2.02. The van der Waals surface area contributed by atoms with Crippen LogP contribution in [-0.2, 0) is 18.3 Å². The van der Waals surface area contributed by atoms with E-state index in [2.05, 4.69) is 41.5 Å². The molecule has 2 rings (SSSR count). The summed E-state index contributed by atoms with van der Waals surface area (Å²) in [6.45, 7) is 5.80. The number of halogens is 3. The first kappa shape index (κ1) is 23.8. The van der Waals surface area contributed by atoms with Gasteiger partial charge >= 0.3 is 0 Å². The van der Waals surface area contributed by atoms with E-state index in [4.69, 9.17) is 27.9 Å². The van der Waals surface area contributed by atoms with Crippen LogP contribution in [0.5, 0.6) is 0 Å². The molecule has 1 fully saturated rings. The number of aromatic nitrogens is 1. The molecule has 26 heavy (non-hydrogen) atoms. The molecule has 0 aromatic carbocycles. The molecule has 1 aromatic heterocycles. The monoisotopic (exact) mass is 517 g/mol. The lowest BCUT2D eigenvalue weighted by Gasteiger charge is -2.43. The van der Waals surface area contributed by atoms with E-state index in [1.165, 1.54) is 0 Å². The second-order valence-corrected chi connectivity index (χ2v) is 7.38. The van der Waals surface area contributed by atoms with Crippen molar-refractivity contribution in [3.8, 4) is 0 Å². The second kappa shape index (κ2) is 10.9. The molecule has 9 heteroatoms. The van der Waals surface area contributed by atoms with Crippen molar-refractivity contribution >= 4 is 53.1 Å². The molecule has 0 unspecified atom stereocenters. The largest absolute Gasteiger partial charge is 0.381 e. The third-order valence-corrected chi connectivity index (χ3v) is 5.76. The minimum atomic E-state index is 0. The van der Waals surface area contributed by atoms with E-state index < -0.39 is 0 Å². The zero-order valence-corrected chi connectivity index (χ0v) is 19.8. The van der Waals surface area contributed by atoms with Crippen LogP contribution in [0.4, 0.5) is 0 Å². The lowest BCUT2D eigenvalue weighted by molar-refractivity contribution is -0.00501. The maximum absolute atomic E-state index is 6.12. The van der Waals surface area contributed by atoms with Crippen molar-refractivity contribution in [2.24, 2.45) is 12.0 Å². The van der Waals surface area contributed by atoms with Gasteiger partial charge in [0.1, 0.15) is 5.15 Å². The zero-order valence-electron chi connectivity index (χ0n) is 15.9. The Kier molecular flexibility index (Phi) is 10.0. The van der Waals surface area contributed by atoms with E-state index in [-0.39, 0.29) is 29.5 Å². The SMILES string of the molecule is CCNC(=NCc1cc(Cl)c(Cl)n1C)NCC1(N(C)C)CCOCC1.I. The second-order valence-electron chi connectivity index (χ2n) is 6.61. The van der Waals surface area contributed by atoms with E-state index in [1.54, 1.807) is 0 Å². The van der Waals surface area contributed by atoms with Crippen LogP contribution in [-0.4, -0.2) is 61.4 Å². The lowest BCUT2D eigenvalue weighted by Crippen LogP contribution is -2.57. The average molecular weight is 518 g/mol. The molecule has 1 saturated heterocycles. The Morgan fingerprint density at radius 2 is 1.96 bits per heavy atom. The number of rotatable bonds is 6. The Balaban J connectivity index is 0.00000338. The topological polar surface area (TPSA) is 53.8 Å². The highest BCUT2D eigenvalue weighted by molar-refractivity contribution is 14.0. The molecular weight excluding hydrogens is 488 g/mol. The number of ether oxygens (including phenoxy) is 1. The Hall–Kier alpha value is -0.220. The number of hydrogen-bond donors (Lipinski definition) is 2. The van der Waals surface area contributed by atoms with Gasteiger partial charge in [-0.25, -0.2) is 4.99 Å². The Morgan fingerprint density at radius 1 is 1.31 bits per heavy atom. The van der Waals surface area contributed by atoms with E-state index >= 15 is 0 Å². The van der Waals surface area contributed by atoms with Crippen molar-refractivity contribution in [3.63, 3.8) is 0 Å². The first-order chi connectivity index (χ1) is 11.9. The highest BCUT2D eigenvalue weighted by atomic mass is 127. The van der Waals surface area contributed by atoms with E-state index in [0.717, 1.165) is 50.8 Å². The first-order valence-electron chi connectivity index (χ1n) is 8.66. The van der Waals surface area contributed by atoms with Gasteiger partial charge in [0.05, 0.1) is 11.6 Å². The van der Waals surface area contributed by atoms with Gasteiger partial charge in [0.15, 0.2) is 5.96 Å². The third-order valence-electron chi connectivity index (χ3n) is 4.92. The number of hydrogen-bond acceptors (Lipinski definition) is 3. The zero-order chi connectivity index (χ0) is 18.4. The van der Waals surface area contributed by atoms with Crippen molar-refractivity contribution in [1.29, 1.82) is 0 Å². The molecular formula is C17H30Cl2IN5O. The molecule has 2 heterocycles. The predicted octanol–water partition coefficient (Wildman–Crippen LogP) is 3.12. The smallest absolute Gasteiger partial charge is 0.191 e. The number of guanidine groups is 1. The number of aliphatic imine (C=N–C) groups is 1. The Morgan fingerprint density at radius 3 is 2.46 bits per heavy atom. The number of nitrogens with zero attached hydrogens (tertiary/aromatic N) is 3. The fourth-order valence-electron chi connectivity index (χ4n) is 3.02. The first-order valence-corrected chi connectivity index (χ1v) is 9.42. The molecule has 150 valence electrons. The lowest BCUT2D eigenvalue weighted by atomic mass is 9.88.